The molecule has 2 aromatic rings. The van der Waals surface area contributed by atoms with E-state index in [1.54, 1.807) is 7.11 Å². The standard InChI is InChI=1S/C23H32N4O.HI/c1-3-24-23(25-14-12-19-8-5-4-6-9-19)26-17-20-13-15-27(18-20)21-10-7-11-22(16-21)28-2;/h4-11,16,20H,3,12-15,17-18H2,1-2H3,(H2,24,25,26);1H. The van der Waals surface area contributed by atoms with Crippen molar-refractivity contribution >= 4 is 35.6 Å². The molecule has 0 spiro atoms. The number of methoxy groups -OCH3 is 1. The van der Waals surface area contributed by atoms with Gasteiger partial charge in [-0.15, -0.1) is 24.0 Å². The fourth-order valence-corrected chi connectivity index (χ4v) is 3.56. The van der Waals surface area contributed by atoms with Gasteiger partial charge >= 0.3 is 0 Å². The van der Waals surface area contributed by atoms with Crippen LogP contribution in [-0.4, -0.2) is 45.8 Å². The molecule has 2 N–H and O–H groups in total. The molecule has 1 aliphatic heterocycles. The molecule has 1 heterocycles. The topological polar surface area (TPSA) is 48.9 Å². The molecule has 0 saturated carbocycles. The summed E-state index contributed by atoms with van der Waals surface area (Å²) in [5.74, 6) is 2.41. The summed E-state index contributed by atoms with van der Waals surface area (Å²) in [7, 11) is 1.72. The zero-order chi connectivity index (χ0) is 19.6. The second-order valence-corrected chi connectivity index (χ2v) is 7.18. The van der Waals surface area contributed by atoms with Crippen LogP contribution >= 0.6 is 24.0 Å². The Kier molecular flexibility index (Phi) is 10.1. The highest BCUT2D eigenvalue weighted by Crippen LogP contribution is 2.26. The van der Waals surface area contributed by atoms with Crippen LogP contribution in [0.15, 0.2) is 59.6 Å². The third-order valence-corrected chi connectivity index (χ3v) is 5.11. The number of hydrogen-bond donors (Lipinski definition) is 2. The van der Waals surface area contributed by atoms with Gasteiger partial charge in [-0.1, -0.05) is 36.4 Å². The quantitative estimate of drug-likeness (QED) is 0.322. The van der Waals surface area contributed by atoms with Gasteiger partial charge < -0.3 is 20.3 Å². The number of hydrogen-bond acceptors (Lipinski definition) is 3. The summed E-state index contributed by atoms with van der Waals surface area (Å²) in [5, 5.41) is 6.82. The Morgan fingerprint density at radius 3 is 2.72 bits per heavy atom. The maximum Gasteiger partial charge on any atom is 0.191 e. The summed E-state index contributed by atoms with van der Waals surface area (Å²) in [5.41, 5.74) is 2.58. The van der Waals surface area contributed by atoms with Crippen LogP contribution in [0.1, 0.15) is 18.9 Å². The van der Waals surface area contributed by atoms with E-state index in [0.717, 1.165) is 50.9 Å². The third-order valence-electron chi connectivity index (χ3n) is 5.11. The number of guanidine groups is 1. The van der Waals surface area contributed by atoms with Crippen molar-refractivity contribution in [1.29, 1.82) is 0 Å². The number of nitrogens with one attached hydrogen (secondary N) is 2. The maximum absolute atomic E-state index is 5.35. The highest BCUT2D eigenvalue weighted by atomic mass is 127. The summed E-state index contributed by atoms with van der Waals surface area (Å²) in [6.45, 7) is 6.83. The molecule has 5 nitrogen and oxygen atoms in total. The average Bonchev–Trinajstić information content (AvgIpc) is 3.22. The Morgan fingerprint density at radius 2 is 1.97 bits per heavy atom. The van der Waals surface area contributed by atoms with E-state index in [0.29, 0.717) is 5.92 Å². The van der Waals surface area contributed by atoms with Crippen molar-refractivity contribution in [3.8, 4) is 5.75 Å². The van der Waals surface area contributed by atoms with Gasteiger partial charge in [0.15, 0.2) is 5.96 Å². The summed E-state index contributed by atoms with van der Waals surface area (Å²) < 4.78 is 5.35. The van der Waals surface area contributed by atoms with Crippen molar-refractivity contribution in [3.63, 3.8) is 0 Å². The van der Waals surface area contributed by atoms with Crippen LogP contribution in [0, 0.1) is 5.92 Å². The molecule has 0 amide bonds. The van der Waals surface area contributed by atoms with Gasteiger partial charge in [-0.25, -0.2) is 0 Å². The number of aliphatic imine (C=N–C) groups is 1. The van der Waals surface area contributed by atoms with Gasteiger partial charge in [0.1, 0.15) is 5.75 Å². The molecule has 6 heteroatoms. The monoisotopic (exact) mass is 508 g/mol. The lowest BCUT2D eigenvalue weighted by atomic mass is 10.1. The predicted octanol–water partition coefficient (Wildman–Crippen LogP) is 3.94. The molecular weight excluding hydrogens is 475 g/mol. The van der Waals surface area contributed by atoms with Gasteiger partial charge in [-0.3, -0.25) is 4.99 Å². The molecule has 0 bridgehead atoms. The van der Waals surface area contributed by atoms with Crippen molar-refractivity contribution in [3.05, 3.63) is 60.2 Å². The van der Waals surface area contributed by atoms with E-state index in [-0.39, 0.29) is 24.0 Å². The Morgan fingerprint density at radius 1 is 1.14 bits per heavy atom. The molecule has 0 aliphatic carbocycles. The van der Waals surface area contributed by atoms with Crippen molar-refractivity contribution < 1.29 is 4.74 Å². The molecule has 2 aromatic carbocycles. The first-order valence-corrected chi connectivity index (χ1v) is 10.2. The van der Waals surface area contributed by atoms with Gasteiger partial charge in [0, 0.05) is 44.5 Å². The van der Waals surface area contributed by atoms with Gasteiger partial charge in [-0.05, 0) is 43.4 Å². The van der Waals surface area contributed by atoms with E-state index in [1.807, 2.05) is 6.07 Å². The molecule has 158 valence electrons. The van der Waals surface area contributed by atoms with Crippen LogP contribution in [0.3, 0.4) is 0 Å². The summed E-state index contributed by atoms with van der Waals surface area (Å²) in [6.07, 6.45) is 2.17. The first-order valence-electron chi connectivity index (χ1n) is 10.2. The van der Waals surface area contributed by atoms with E-state index in [2.05, 4.69) is 71.0 Å². The number of anilines is 1. The number of benzene rings is 2. The van der Waals surface area contributed by atoms with Gasteiger partial charge in [0.05, 0.1) is 7.11 Å². The Balaban J connectivity index is 0.00000300. The molecule has 1 atom stereocenters. The Labute approximate surface area is 192 Å². The minimum atomic E-state index is 0. The third kappa shape index (κ3) is 7.42. The fraction of sp³-hybridized carbons (Fsp3) is 0.435. The lowest BCUT2D eigenvalue weighted by molar-refractivity contribution is 0.415. The van der Waals surface area contributed by atoms with Crippen LogP contribution in [0.4, 0.5) is 5.69 Å². The predicted molar refractivity (Wildman–Crippen MR) is 133 cm³/mol. The molecular formula is C23H33IN4O. The summed E-state index contributed by atoms with van der Waals surface area (Å²) >= 11 is 0. The van der Waals surface area contributed by atoms with Crippen LogP contribution < -0.4 is 20.3 Å². The Bertz CT molecular complexity index is 754. The first-order chi connectivity index (χ1) is 13.8. The molecule has 1 saturated heterocycles. The largest absolute Gasteiger partial charge is 0.497 e. The molecule has 1 aliphatic rings. The van der Waals surface area contributed by atoms with E-state index in [1.165, 1.54) is 17.7 Å². The number of nitrogens with zero attached hydrogens (tertiary/aromatic N) is 2. The highest BCUT2D eigenvalue weighted by molar-refractivity contribution is 14.0. The highest BCUT2D eigenvalue weighted by Gasteiger charge is 2.22. The second-order valence-electron chi connectivity index (χ2n) is 7.18. The SMILES string of the molecule is CCNC(=NCC1CCN(c2cccc(OC)c2)C1)NCCc1ccccc1.I. The van der Waals surface area contributed by atoms with Crippen molar-refractivity contribution in [1.82, 2.24) is 10.6 Å². The maximum atomic E-state index is 5.35. The van der Waals surface area contributed by atoms with Crippen molar-refractivity contribution in [2.75, 3.05) is 44.7 Å². The second kappa shape index (κ2) is 12.6. The zero-order valence-electron chi connectivity index (χ0n) is 17.4. The van der Waals surface area contributed by atoms with E-state index >= 15 is 0 Å². The minimum Gasteiger partial charge on any atom is -0.497 e. The molecule has 29 heavy (non-hydrogen) atoms. The van der Waals surface area contributed by atoms with Gasteiger partial charge in [0.2, 0.25) is 0 Å². The molecule has 0 radical (unpaired) electrons. The summed E-state index contributed by atoms with van der Waals surface area (Å²) in [6, 6.07) is 18.9. The molecule has 1 fully saturated rings. The first kappa shape index (κ1) is 23.3. The van der Waals surface area contributed by atoms with E-state index in [4.69, 9.17) is 9.73 Å². The number of ether oxygens (including phenoxy) is 1. The molecule has 0 aromatic heterocycles. The van der Waals surface area contributed by atoms with Gasteiger partial charge in [0.25, 0.3) is 0 Å². The van der Waals surface area contributed by atoms with Crippen molar-refractivity contribution in [2.45, 2.75) is 19.8 Å². The van der Waals surface area contributed by atoms with E-state index in [9.17, 15) is 0 Å². The van der Waals surface area contributed by atoms with Crippen molar-refractivity contribution in [2.24, 2.45) is 10.9 Å². The normalized spacial score (nSPS) is 16.3. The zero-order valence-corrected chi connectivity index (χ0v) is 19.8. The smallest absolute Gasteiger partial charge is 0.191 e. The van der Waals surface area contributed by atoms with Crippen LogP contribution in [0.2, 0.25) is 0 Å². The Hall–Kier alpha value is -1.96. The molecule has 3 rings (SSSR count). The summed E-state index contributed by atoms with van der Waals surface area (Å²) in [4.78, 5) is 7.26. The lowest BCUT2D eigenvalue weighted by Gasteiger charge is -2.19. The van der Waals surface area contributed by atoms with Gasteiger partial charge in [-0.2, -0.15) is 0 Å². The van der Waals surface area contributed by atoms with E-state index < -0.39 is 0 Å². The van der Waals surface area contributed by atoms with Crippen LogP contribution in [-0.2, 0) is 6.42 Å². The average molecular weight is 508 g/mol. The van der Waals surface area contributed by atoms with Crippen LogP contribution in [0.25, 0.3) is 0 Å². The number of rotatable bonds is 8. The fourth-order valence-electron chi connectivity index (χ4n) is 3.56. The minimum absolute atomic E-state index is 0. The van der Waals surface area contributed by atoms with Crippen LogP contribution in [0.5, 0.6) is 5.75 Å². The molecule has 1 unspecified atom stereocenters. The number of halogens is 1. The lowest BCUT2D eigenvalue weighted by Crippen LogP contribution is -2.38.